The molecule has 0 aromatic heterocycles. The van der Waals surface area contributed by atoms with Crippen molar-refractivity contribution < 1.29 is 27.4 Å². The molecule has 0 heterocycles. The summed E-state index contributed by atoms with van der Waals surface area (Å²) in [6, 6.07) is 11.9. The van der Waals surface area contributed by atoms with Gasteiger partial charge in [0.25, 0.3) is 0 Å². The molecule has 0 bridgehead atoms. The summed E-state index contributed by atoms with van der Waals surface area (Å²) in [4.78, 5) is 12.0. The van der Waals surface area contributed by atoms with Gasteiger partial charge in [0.1, 0.15) is 0 Å². The Labute approximate surface area is 160 Å². The van der Waals surface area contributed by atoms with E-state index in [1.165, 1.54) is 6.26 Å². The molecular weight excluding hydrogens is 368 g/mol. The second-order valence-electron chi connectivity index (χ2n) is 5.86. The minimum atomic E-state index is -3.25. The molecule has 6 nitrogen and oxygen atoms in total. The third-order valence-corrected chi connectivity index (χ3v) is 4.83. The number of benzene rings is 2. The van der Waals surface area contributed by atoms with E-state index in [0.29, 0.717) is 31.1 Å². The molecule has 0 saturated carbocycles. The van der Waals surface area contributed by atoms with E-state index in [1.54, 1.807) is 43.3 Å². The van der Waals surface area contributed by atoms with Gasteiger partial charge in [-0.25, -0.2) is 8.42 Å². The zero-order valence-corrected chi connectivity index (χ0v) is 16.5. The molecule has 0 spiro atoms. The van der Waals surface area contributed by atoms with Gasteiger partial charge in [-0.1, -0.05) is 25.1 Å². The summed E-state index contributed by atoms with van der Waals surface area (Å²) in [5.74, 6) is 0.724. The highest BCUT2D eigenvalue weighted by Gasteiger charge is 2.16. The standard InChI is InChI=1S/C20H24O6S/c1-4-19(21)26-20-17(24-5-2)10-7-11-18(20)25-13-12-15-8-6-9-16(14-15)27(3,22)23/h6-11,14H,4-5,12-13H2,1-3H3. The Bertz CT molecular complexity index is 889. The third kappa shape index (κ3) is 5.99. The van der Waals surface area contributed by atoms with Gasteiger partial charge in [-0.05, 0) is 36.8 Å². The van der Waals surface area contributed by atoms with E-state index in [2.05, 4.69) is 0 Å². The number of ether oxygens (including phenoxy) is 3. The molecule has 0 radical (unpaired) electrons. The molecular formula is C20H24O6S. The largest absolute Gasteiger partial charge is 0.490 e. The predicted octanol–water partition coefficient (Wildman–Crippen LogP) is 3.43. The number of esters is 1. The van der Waals surface area contributed by atoms with E-state index in [1.807, 2.05) is 13.0 Å². The van der Waals surface area contributed by atoms with Crippen molar-refractivity contribution in [3.8, 4) is 17.2 Å². The fourth-order valence-electron chi connectivity index (χ4n) is 2.38. The number of sulfone groups is 1. The van der Waals surface area contributed by atoms with Crippen LogP contribution in [0.3, 0.4) is 0 Å². The van der Waals surface area contributed by atoms with E-state index in [0.717, 1.165) is 5.56 Å². The first-order chi connectivity index (χ1) is 12.8. The van der Waals surface area contributed by atoms with E-state index in [9.17, 15) is 13.2 Å². The van der Waals surface area contributed by atoms with Gasteiger partial charge in [0.05, 0.1) is 18.1 Å². The predicted molar refractivity (Wildman–Crippen MR) is 102 cm³/mol. The van der Waals surface area contributed by atoms with Crippen molar-refractivity contribution in [2.75, 3.05) is 19.5 Å². The lowest BCUT2D eigenvalue weighted by atomic mass is 10.2. The maximum Gasteiger partial charge on any atom is 0.311 e. The summed E-state index contributed by atoms with van der Waals surface area (Å²) in [6.07, 6.45) is 1.91. The minimum absolute atomic E-state index is 0.234. The molecule has 0 aliphatic carbocycles. The summed E-state index contributed by atoms with van der Waals surface area (Å²) in [5, 5.41) is 0. The first-order valence-electron chi connectivity index (χ1n) is 8.73. The molecule has 0 aliphatic heterocycles. The topological polar surface area (TPSA) is 78.9 Å². The van der Waals surface area contributed by atoms with Gasteiger partial charge in [0, 0.05) is 19.1 Å². The molecule has 146 valence electrons. The fourth-order valence-corrected chi connectivity index (χ4v) is 3.07. The molecule has 0 unspecified atom stereocenters. The Morgan fingerprint density at radius 1 is 1.00 bits per heavy atom. The van der Waals surface area contributed by atoms with Crippen LogP contribution in [0.15, 0.2) is 47.4 Å². The Balaban J connectivity index is 2.13. The number of hydrogen-bond donors (Lipinski definition) is 0. The average Bonchev–Trinajstić information content (AvgIpc) is 2.63. The first kappa shape index (κ1) is 20.8. The number of rotatable bonds is 9. The van der Waals surface area contributed by atoms with Crippen LogP contribution in [0.25, 0.3) is 0 Å². The van der Waals surface area contributed by atoms with Crippen LogP contribution >= 0.6 is 0 Å². The Morgan fingerprint density at radius 3 is 2.30 bits per heavy atom. The fraction of sp³-hybridized carbons (Fsp3) is 0.350. The first-order valence-corrected chi connectivity index (χ1v) is 10.6. The van der Waals surface area contributed by atoms with Crippen molar-refractivity contribution in [3.05, 3.63) is 48.0 Å². The highest BCUT2D eigenvalue weighted by molar-refractivity contribution is 7.90. The van der Waals surface area contributed by atoms with Crippen LogP contribution in [-0.2, 0) is 21.1 Å². The van der Waals surface area contributed by atoms with E-state index < -0.39 is 9.84 Å². The highest BCUT2D eigenvalue weighted by atomic mass is 32.2. The maximum absolute atomic E-state index is 11.7. The molecule has 0 amide bonds. The van der Waals surface area contributed by atoms with Crippen LogP contribution < -0.4 is 14.2 Å². The second kappa shape index (κ2) is 9.41. The molecule has 0 N–H and O–H groups in total. The van der Waals surface area contributed by atoms with E-state index in [-0.39, 0.29) is 23.0 Å². The number of para-hydroxylation sites is 1. The number of carbonyl (C=O) groups excluding carboxylic acids is 1. The lowest BCUT2D eigenvalue weighted by molar-refractivity contribution is -0.134. The van der Waals surface area contributed by atoms with Crippen molar-refractivity contribution in [2.24, 2.45) is 0 Å². The van der Waals surface area contributed by atoms with Gasteiger partial charge in [0.15, 0.2) is 21.3 Å². The molecule has 7 heteroatoms. The molecule has 27 heavy (non-hydrogen) atoms. The zero-order chi connectivity index (χ0) is 19.9. The smallest absolute Gasteiger partial charge is 0.311 e. The lowest BCUT2D eigenvalue weighted by Gasteiger charge is -2.15. The van der Waals surface area contributed by atoms with Gasteiger partial charge in [0.2, 0.25) is 5.75 Å². The Hall–Kier alpha value is -2.54. The van der Waals surface area contributed by atoms with Crippen molar-refractivity contribution in [3.63, 3.8) is 0 Å². The van der Waals surface area contributed by atoms with Crippen LogP contribution in [0.4, 0.5) is 0 Å². The van der Waals surface area contributed by atoms with Crippen LogP contribution in [0.1, 0.15) is 25.8 Å². The van der Waals surface area contributed by atoms with E-state index >= 15 is 0 Å². The quantitative estimate of drug-likeness (QED) is 0.481. The lowest BCUT2D eigenvalue weighted by Crippen LogP contribution is -2.10. The number of carbonyl (C=O) groups is 1. The normalized spacial score (nSPS) is 11.1. The minimum Gasteiger partial charge on any atom is -0.490 e. The second-order valence-corrected chi connectivity index (χ2v) is 7.88. The van der Waals surface area contributed by atoms with Gasteiger partial charge in [-0.2, -0.15) is 0 Å². The molecule has 2 rings (SSSR count). The van der Waals surface area contributed by atoms with Gasteiger partial charge < -0.3 is 14.2 Å². The zero-order valence-electron chi connectivity index (χ0n) is 15.7. The molecule has 2 aromatic rings. The van der Waals surface area contributed by atoms with E-state index in [4.69, 9.17) is 14.2 Å². The SMILES string of the molecule is CCOc1cccc(OCCc2cccc(S(C)(=O)=O)c2)c1OC(=O)CC. The Kier molecular flexibility index (Phi) is 7.24. The van der Waals surface area contributed by atoms with Crippen LogP contribution in [0, 0.1) is 0 Å². The molecule has 0 saturated heterocycles. The third-order valence-electron chi connectivity index (χ3n) is 3.72. The summed E-state index contributed by atoms with van der Waals surface area (Å²) in [7, 11) is -3.25. The molecule has 2 aromatic carbocycles. The van der Waals surface area contributed by atoms with Crippen molar-refractivity contribution in [1.29, 1.82) is 0 Å². The summed E-state index contributed by atoms with van der Waals surface area (Å²) in [6.45, 7) is 4.27. The van der Waals surface area contributed by atoms with Crippen molar-refractivity contribution >= 4 is 15.8 Å². The molecule has 0 aliphatic rings. The van der Waals surface area contributed by atoms with Gasteiger partial charge in [-0.15, -0.1) is 0 Å². The van der Waals surface area contributed by atoms with Crippen LogP contribution in [-0.4, -0.2) is 33.9 Å². The molecule has 0 fully saturated rings. The monoisotopic (exact) mass is 392 g/mol. The van der Waals surface area contributed by atoms with Crippen molar-refractivity contribution in [2.45, 2.75) is 31.6 Å². The van der Waals surface area contributed by atoms with Gasteiger partial charge >= 0.3 is 5.97 Å². The Morgan fingerprint density at radius 2 is 1.67 bits per heavy atom. The number of hydrogen-bond acceptors (Lipinski definition) is 6. The van der Waals surface area contributed by atoms with Crippen LogP contribution in [0.2, 0.25) is 0 Å². The molecule has 0 atom stereocenters. The van der Waals surface area contributed by atoms with Gasteiger partial charge in [-0.3, -0.25) is 4.79 Å². The summed E-state index contributed by atoms with van der Waals surface area (Å²) < 4.78 is 40.0. The highest BCUT2D eigenvalue weighted by Crippen LogP contribution is 2.37. The average molecular weight is 392 g/mol. The summed E-state index contributed by atoms with van der Waals surface area (Å²) >= 11 is 0. The van der Waals surface area contributed by atoms with Crippen LogP contribution in [0.5, 0.6) is 17.2 Å². The van der Waals surface area contributed by atoms with Crippen molar-refractivity contribution in [1.82, 2.24) is 0 Å². The maximum atomic E-state index is 11.7. The summed E-state index contributed by atoms with van der Waals surface area (Å²) in [5.41, 5.74) is 0.839.